The molecule has 1 saturated heterocycles. The molecular formula is C15H27N3O2. The van der Waals surface area contributed by atoms with Crippen LogP contribution in [-0.2, 0) is 9.59 Å². The van der Waals surface area contributed by atoms with Crippen molar-refractivity contribution in [1.82, 2.24) is 15.1 Å². The first-order chi connectivity index (χ1) is 9.42. The van der Waals surface area contributed by atoms with Crippen LogP contribution in [0, 0.1) is 11.3 Å². The Labute approximate surface area is 121 Å². The highest BCUT2D eigenvalue weighted by atomic mass is 16.2. The standard InChI is InChI=1S/C15H27N3O2/c1-15(2)6-4-5-12(15)14(20)17(3)11-13(19)18-9-7-16-8-10-18/h12,16H,4-11H2,1-3H3. The molecule has 5 heteroatoms. The minimum absolute atomic E-state index is 0.0677. The molecule has 1 aliphatic carbocycles. The van der Waals surface area contributed by atoms with Crippen LogP contribution in [0.3, 0.4) is 0 Å². The van der Waals surface area contributed by atoms with E-state index in [1.165, 1.54) is 0 Å². The Hall–Kier alpha value is -1.10. The summed E-state index contributed by atoms with van der Waals surface area (Å²) in [6.07, 6.45) is 3.17. The number of carbonyl (C=O) groups excluding carboxylic acids is 2. The summed E-state index contributed by atoms with van der Waals surface area (Å²) in [5, 5.41) is 3.23. The minimum atomic E-state index is 0.0677. The van der Waals surface area contributed by atoms with Gasteiger partial charge in [-0.25, -0.2) is 0 Å². The molecule has 1 heterocycles. The number of piperazine rings is 1. The predicted octanol–water partition coefficient (Wildman–Crippen LogP) is 0.703. The number of amides is 2. The van der Waals surface area contributed by atoms with Gasteiger partial charge in [0.25, 0.3) is 0 Å². The molecule has 114 valence electrons. The Bertz CT molecular complexity index is 375. The van der Waals surface area contributed by atoms with Crippen LogP contribution < -0.4 is 5.32 Å². The van der Waals surface area contributed by atoms with Gasteiger partial charge in [-0.2, -0.15) is 0 Å². The first-order valence-corrected chi connectivity index (χ1v) is 7.65. The summed E-state index contributed by atoms with van der Waals surface area (Å²) in [6, 6.07) is 0. The topological polar surface area (TPSA) is 52.7 Å². The van der Waals surface area contributed by atoms with Gasteiger partial charge in [0, 0.05) is 39.1 Å². The quantitative estimate of drug-likeness (QED) is 0.828. The van der Waals surface area contributed by atoms with Crippen LogP contribution in [-0.4, -0.2) is 61.4 Å². The number of likely N-dealkylation sites (N-methyl/N-ethyl adjacent to an activating group) is 1. The van der Waals surface area contributed by atoms with Crippen molar-refractivity contribution >= 4 is 11.8 Å². The largest absolute Gasteiger partial charge is 0.339 e. The summed E-state index contributed by atoms with van der Waals surface area (Å²) in [5.41, 5.74) is 0.0729. The van der Waals surface area contributed by atoms with Crippen molar-refractivity contribution in [2.75, 3.05) is 39.8 Å². The van der Waals surface area contributed by atoms with Crippen molar-refractivity contribution in [2.45, 2.75) is 33.1 Å². The van der Waals surface area contributed by atoms with Crippen LogP contribution >= 0.6 is 0 Å². The molecule has 5 nitrogen and oxygen atoms in total. The normalized spacial score (nSPS) is 25.6. The van der Waals surface area contributed by atoms with Gasteiger partial charge in [-0.05, 0) is 18.3 Å². The van der Waals surface area contributed by atoms with Crippen molar-refractivity contribution < 1.29 is 9.59 Å². The second-order valence-electron chi connectivity index (χ2n) is 6.76. The maximum atomic E-state index is 12.5. The van der Waals surface area contributed by atoms with Gasteiger partial charge in [-0.3, -0.25) is 9.59 Å². The van der Waals surface area contributed by atoms with E-state index >= 15 is 0 Å². The summed E-state index contributed by atoms with van der Waals surface area (Å²) in [6.45, 7) is 7.72. The second-order valence-corrected chi connectivity index (χ2v) is 6.76. The van der Waals surface area contributed by atoms with Crippen LogP contribution in [0.2, 0.25) is 0 Å². The molecule has 1 N–H and O–H groups in total. The zero-order valence-electron chi connectivity index (χ0n) is 12.9. The molecule has 2 amide bonds. The van der Waals surface area contributed by atoms with E-state index in [1.54, 1.807) is 11.9 Å². The Kier molecular flexibility index (Phi) is 4.68. The lowest BCUT2D eigenvalue weighted by Crippen LogP contribution is -2.50. The Morgan fingerprint density at radius 3 is 2.50 bits per heavy atom. The molecule has 0 aromatic heterocycles. The lowest BCUT2D eigenvalue weighted by Gasteiger charge is -2.32. The zero-order valence-corrected chi connectivity index (χ0v) is 12.9. The SMILES string of the molecule is CN(CC(=O)N1CCNCC1)C(=O)C1CCCC1(C)C. The van der Waals surface area contributed by atoms with Gasteiger partial charge in [0.05, 0.1) is 6.54 Å². The predicted molar refractivity (Wildman–Crippen MR) is 78.2 cm³/mol. The fourth-order valence-corrected chi connectivity index (χ4v) is 3.35. The van der Waals surface area contributed by atoms with E-state index in [0.717, 1.165) is 45.4 Å². The second kappa shape index (κ2) is 6.12. The van der Waals surface area contributed by atoms with Crippen LogP contribution in [0.25, 0.3) is 0 Å². The van der Waals surface area contributed by atoms with Crippen molar-refractivity contribution in [3.05, 3.63) is 0 Å². The van der Waals surface area contributed by atoms with Crippen LogP contribution in [0.15, 0.2) is 0 Å². The maximum Gasteiger partial charge on any atom is 0.242 e. The van der Waals surface area contributed by atoms with E-state index in [0.29, 0.717) is 0 Å². The first kappa shape index (κ1) is 15.3. The molecular weight excluding hydrogens is 254 g/mol. The van der Waals surface area contributed by atoms with Gasteiger partial charge in [-0.15, -0.1) is 0 Å². The fraction of sp³-hybridized carbons (Fsp3) is 0.867. The Morgan fingerprint density at radius 1 is 1.30 bits per heavy atom. The molecule has 2 fully saturated rings. The summed E-state index contributed by atoms with van der Waals surface area (Å²) >= 11 is 0. The van der Waals surface area contributed by atoms with Crippen molar-refractivity contribution in [1.29, 1.82) is 0 Å². The molecule has 1 aliphatic heterocycles. The van der Waals surface area contributed by atoms with Gasteiger partial charge in [0.15, 0.2) is 0 Å². The van der Waals surface area contributed by atoms with Crippen molar-refractivity contribution in [3.8, 4) is 0 Å². The maximum absolute atomic E-state index is 12.5. The fourth-order valence-electron chi connectivity index (χ4n) is 3.35. The monoisotopic (exact) mass is 281 g/mol. The summed E-state index contributed by atoms with van der Waals surface area (Å²) in [7, 11) is 1.76. The molecule has 1 unspecified atom stereocenters. The van der Waals surface area contributed by atoms with Gasteiger partial charge in [-0.1, -0.05) is 20.3 Å². The van der Waals surface area contributed by atoms with Crippen LogP contribution in [0.1, 0.15) is 33.1 Å². The summed E-state index contributed by atoms with van der Waals surface area (Å²) in [4.78, 5) is 28.2. The third-order valence-corrected chi connectivity index (χ3v) is 4.77. The van der Waals surface area contributed by atoms with E-state index in [1.807, 2.05) is 4.90 Å². The average Bonchev–Trinajstić information content (AvgIpc) is 2.78. The first-order valence-electron chi connectivity index (χ1n) is 7.65. The number of rotatable bonds is 3. The molecule has 0 bridgehead atoms. The summed E-state index contributed by atoms with van der Waals surface area (Å²) < 4.78 is 0. The molecule has 0 radical (unpaired) electrons. The van der Waals surface area contributed by atoms with E-state index < -0.39 is 0 Å². The molecule has 2 aliphatic rings. The van der Waals surface area contributed by atoms with Crippen molar-refractivity contribution in [3.63, 3.8) is 0 Å². The van der Waals surface area contributed by atoms with Crippen LogP contribution in [0.4, 0.5) is 0 Å². The van der Waals surface area contributed by atoms with Gasteiger partial charge in [0.1, 0.15) is 0 Å². The number of carbonyl (C=O) groups is 2. The lowest BCUT2D eigenvalue weighted by atomic mass is 9.81. The van der Waals surface area contributed by atoms with Crippen molar-refractivity contribution in [2.24, 2.45) is 11.3 Å². The lowest BCUT2D eigenvalue weighted by molar-refractivity contribution is -0.143. The number of nitrogens with one attached hydrogen (secondary N) is 1. The number of hydrogen-bond donors (Lipinski definition) is 1. The highest BCUT2D eigenvalue weighted by Crippen LogP contribution is 2.43. The third kappa shape index (κ3) is 3.32. The number of hydrogen-bond acceptors (Lipinski definition) is 3. The number of nitrogens with zero attached hydrogens (tertiary/aromatic N) is 2. The van der Waals surface area contributed by atoms with E-state index in [4.69, 9.17) is 0 Å². The highest BCUT2D eigenvalue weighted by Gasteiger charge is 2.40. The zero-order chi connectivity index (χ0) is 14.8. The molecule has 0 aromatic carbocycles. The molecule has 2 rings (SSSR count). The van der Waals surface area contributed by atoms with E-state index in [9.17, 15) is 9.59 Å². The molecule has 20 heavy (non-hydrogen) atoms. The molecule has 1 saturated carbocycles. The smallest absolute Gasteiger partial charge is 0.242 e. The van der Waals surface area contributed by atoms with Gasteiger partial charge < -0.3 is 15.1 Å². The summed E-state index contributed by atoms with van der Waals surface area (Å²) in [5.74, 6) is 0.275. The van der Waals surface area contributed by atoms with E-state index in [-0.39, 0.29) is 29.7 Å². The average molecular weight is 281 g/mol. The highest BCUT2D eigenvalue weighted by molar-refractivity contribution is 5.86. The van der Waals surface area contributed by atoms with Crippen LogP contribution in [0.5, 0.6) is 0 Å². The molecule has 0 aromatic rings. The van der Waals surface area contributed by atoms with E-state index in [2.05, 4.69) is 19.2 Å². The Morgan fingerprint density at radius 2 is 1.95 bits per heavy atom. The Balaban J connectivity index is 1.89. The third-order valence-electron chi connectivity index (χ3n) is 4.77. The molecule has 0 spiro atoms. The minimum Gasteiger partial charge on any atom is -0.339 e. The van der Waals surface area contributed by atoms with Gasteiger partial charge in [0.2, 0.25) is 11.8 Å². The van der Waals surface area contributed by atoms with Gasteiger partial charge >= 0.3 is 0 Å². The molecule has 1 atom stereocenters.